The number of nitrogen functional groups attached to an aromatic ring is 1. The van der Waals surface area contributed by atoms with Crippen molar-refractivity contribution in [2.45, 2.75) is 27.2 Å². The van der Waals surface area contributed by atoms with Crippen molar-refractivity contribution >= 4 is 17.5 Å². The summed E-state index contributed by atoms with van der Waals surface area (Å²) in [5.74, 6) is 1.78. The molecule has 0 fully saturated rings. The zero-order valence-corrected chi connectivity index (χ0v) is 16.4. The maximum Gasteiger partial charge on any atom is 0.191 e. The van der Waals surface area contributed by atoms with Crippen molar-refractivity contribution in [1.82, 2.24) is 0 Å². The first kappa shape index (κ1) is 18.8. The van der Waals surface area contributed by atoms with E-state index < -0.39 is 0 Å². The van der Waals surface area contributed by atoms with E-state index in [0.29, 0.717) is 41.4 Å². The van der Waals surface area contributed by atoms with Crippen LogP contribution < -0.4 is 19.9 Å². The second kappa shape index (κ2) is 7.35. The number of Topliss-reactive ketones (excluding diaryl/α,β-unsaturated/α-hetero) is 1. The number of allylic oxidation sites excluding steroid dienone is 1. The van der Waals surface area contributed by atoms with Crippen LogP contribution in [-0.2, 0) is 6.42 Å². The second-order valence-electron chi connectivity index (χ2n) is 6.65. The lowest BCUT2D eigenvalue weighted by Gasteiger charge is -2.13. The third-order valence-corrected chi connectivity index (χ3v) is 4.80. The van der Waals surface area contributed by atoms with Crippen LogP contribution in [0.2, 0.25) is 0 Å². The molecule has 2 aromatic rings. The van der Waals surface area contributed by atoms with Crippen LogP contribution in [0.15, 0.2) is 23.8 Å². The molecule has 0 atom stereocenters. The predicted octanol–water partition coefficient (Wildman–Crippen LogP) is 4.12. The van der Waals surface area contributed by atoms with E-state index in [1.165, 1.54) is 7.11 Å². The van der Waals surface area contributed by atoms with Crippen LogP contribution in [0.3, 0.4) is 0 Å². The average molecular weight is 367 g/mol. The Labute approximate surface area is 159 Å². The number of rotatable bonds is 5. The fraction of sp³-hybridized carbons (Fsp3) is 0.318. The number of aryl methyl sites for hydroxylation is 2. The molecule has 0 aliphatic heterocycles. The molecule has 27 heavy (non-hydrogen) atoms. The van der Waals surface area contributed by atoms with Crippen LogP contribution in [-0.4, -0.2) is 26.6 Å². The van der Waals surface area contributed by atoms with Gasteiger partial charge in [-0.1, -0.05) is 0 Å². The molecule has 1 aliphatic rings. The third-order valence-electron chi connectivity index (χ3n) is 4.80. The molecule has 0 amide bonds. The largest absolute Gasteiger partial charge is 0.493 e. The van der Waals surface area contributed by atoms with E-state index >= 15 is 0 Å². The van der Waals surface area contributed by atoms with E-state index in [1.54, 1.807) is 7.11 Å². The number of nitrogens with two attached hydrogens (primary N) is 1. The summed E-state index contributed by atoms with van der Waals surface area (Å²) in [5.41, 5.74) is 11.7. The summed E-state index contributed by atoms with van der Waals surface area (Å²) in [7, 11) is 3.07. The highest BCUT2D eigenvalue weighted by atomic mass is 16.5. The Morgan fingerprint density at radius 2 is 1.74 bits per heavy atom. The summed E-state index contributed by atoms with van der Waals surface area (Å²) in [6.45, 7) is 6.62. The molecular formula is C22H25NO4. The first-order valence-corrected chi connectivity index (χ1v) is 8.93. The first-order chi connectivity index (χ1) is 12.9. The minimum atomic E-state index is -0.0624. The maximum atomic E-state index is 13.0. The van der Waals surface area contributed by atoms with Crippen LogP contribution in [0.5, 0.6) is 17.2 Å². The lowest BCUT2D eigenvalue weighted by Crippen LogP contribution is -2.04. The summed E-state index contributed by atoms with van der Waals surface area (Å²) in [6, 6.07) is 5.90. The van der Waals surface area contributed by atoms with Gasteiger partial charge in [-0.15, -0.1) is 0 Å². The Kier molecular flexibility index (Phi) is 5.13. The second-order valence-corrected chi connectivity index (χ2v) is 6.65. The van der Waals surface area contributed by atoms with Gasteiger partial charge in [-0.2, -0.15) is 0 Å². The van der Waals surface area contributed by atoms with Crippen molar-refractivity contribution in [3.63, 3.8) is 0 Å². The Bertz CT molecular complexity index is 921. The fourth-order valence-corrected chi connectivity index (χ4v) is 3.69. The number of ether oxygens (including phenoxy) is 3. The van der Waals surface area contributed by atoms with E-state index in [0.717, 1.165) is 28.0 Å². The normalized spacial score (nSPS) is 14.4. The predicted molar refractivity (Wildman–Crippen MR) is 107 cm³/mol. The molecule has 0 bridgehead atoms. The number of hydrogen-bond acceptors (Lipinski definition) is 5. The highest BCUT2D eigenvalue weighted by Crippen LogP contribution is 2.43. The van der Waals surface area contributed by atoms with Crippen LogP contribution in [0, 0.1) is 13.8 Å². The molecule has 0 unspecified atom stereocenters. The Morgan fingerprint density at radius 3 is 2.30 bits per heavy atom. The molecule has 5 heteroatoms. The molecule has 5 nitrogen and oxygen atoms in total. The van der Waals surface area contributed by atoms with Gasteiger partial charge in [-0.25, -0.2) is 0 Å². The van der Waals surface area contributed by atoms with E-state index in [2.05, 4.69) is 0 Å². The zero-order valence-electron chi connectivity index (χ0n) is 16.4. The van der Waals surface area contributed by atoms with Gasteiger partial charge >= 0.3 is 0 Å². The van der Waals surface area contributed by atoms with Gasteiger partial charge in [-0.3, -0.25) is 4.79 Å². The molecule has 0 saturated heterocycles. The number of fused-ring (bicyclic) bond motifs is 1. The molecule has 1 aliphatic carbocycles. The van der Waals surface area contributed by atoms with Crippen molar-refractivity contribution in [1.29, 1.82) is 0 Å². The van der Waals surface area contributed by atoms with Gasteiger partial charge in [-0.05, 0) is 67.3 Å². The van der Waals surface area contributed by atoms with Gasteiger partial charge in [0.1, 0.15) is 5.75 Å². The van der Waals surface area contributed by atoms with Crippen LogP contribution >= 0.6 is 0 Å². The van der Waals surface area contributed by atoms with Gasteiger partial charge in [0, 0.05) is 12.0 Å². The SMILES string of the molecule is CCOc1c(C)cc(/C=C2\Cc3cc(OC)c(OC)c(N)c3C2=O)cc1C. The lowest BCUT2D eigenvalue weighted by molar-refractivity contribution is 0.104. The number of ketones is 1. The summed E-state index contributed by atoms with van der Waals surface area (Å²) >= 11 is 0. The summed E-state index contributed by atoms with van der Waals surface area (Å²) in [6.07, 6.45) is 2.44. The minimum Gasteiger partial charge on any atom is -0.493 e. The van der Waals surface area contributed by atoms with Crippen molar-refractivity contribution in [2.75, 3.05) is 26.6 Å². The van der Waals surface area contributed by atoms with E-state index in [4.69, 9.17) is 19.9 Å². The van der Waals surface area contributed by atoms with Gasteiger partial charge in [0.25, 0.3) is 0 Å². The number of anilines is 1. The monoisotopic (exact) mass is 367 g/mol. The van der Waals surface area contributed by atoms with Crippen molar-refractivity contribution in [2.24, 2.45) is 0 Å². The average Bonchev–Trinajstić information content (AvgIpc) is 2.93. The lowest BCUT2D eigenvalue weighted by atomic mass is 10.0. The van der Waals surface area contributed by atoms with Crippen LogP contribution in [0.25, 0.3) is 6.08 Å². The van der Waals surface area contributed by atoms with Crippen molar-refractivity contribution in [3.05, 3.63) is 51.6 Å². The standard InChI is InChI=1S/C22H25NO4/c1-6-27-21-12(2)7-14(8-13(21)3)9-16-10-15-11-17(25-4)22(26-5)19(23)18(15)20(16)24/h7-9,11H,6,10,23H2,1-5H3/b16-9+. The molecule has 0 heterocycles. The molecule has 3 rings (SSSR count). The summed E-state index contributed by atoms with van der Waals surface area (Å²) < 4.78 is 16.4. The van der Waals surface area contributed by atoms with Crippen LogP contribution in [0.4, 0.5) is 5.69 Å². The Balaban J connectivity index is 2.03. The molecule has 0 radical (unpaired) electrons. The van der Waals surface area contributed by atoms with Gasteiger partial charge < -0.3 is 19.9 Å². The summed E-state index contributed by atoms with van der Waals surface area (Å²) in [4.78, 5) is 13.0. The van der Waals surface area contributed by atoms with Gasteiger partial charge in [0.15, 0.2) is 17.3 Å². The van der Waals surface area contributed by atoms with E-state index in [-0.39, 0.29) is 5.78 Å². The molecule has 0 aromatic heterocycles. The topological polar surface area (TPSA) is 70.8 Å². The van der Waals surface area contributed by atoms with Crippen LogP contribution in [0.1, 0.15) is 39.5 Å². The highest BCUT2D eigenvalue weighted by molar-refractivity contribution is 6.19. The van der Waals surface area contributed by atoms with E-state index in [9.17, 15) is 4.79 Å². The van der Waals surface area contributed by atoms with E-state index in [1.807, 2.05) is 45.0 Å². The number of benzene rings is 2. The Hall–Kier alpha value is -2.95. The van der Waals surface area contributed by atoms with Gasteiger partial charge in [0.05, 0.1) is 32.1 Å². The number of carbonyl (C=O) groups excluding carboxylic acids is 1. The number of carbonyl (C=O) groups is 1. The fourth-order valence-electron chi connectivity index (χ4n) is 3.69. The summed E-state index contributed by atoms with van der Waals surface area (Å²) in [5, 5.41) is 0. The molecule has 0 saturated carbocycles. The molecule has 2 N–H and O–H groups in total. The Morgan fingerprint density at radius 1 is 1.07 bits per heavy atom. The third kappa shape index (κ3) is 3.25. The smallest absolute Gasteiger partial charge is 0.191 e. The number of methoxy groups -OCH3 is 2. The molecule has 2 aromatic carbocycles. The molecule has 142 valence electrons. The van der Waals surface area contributed by atoms with Crippen molar-refractivity contribution < 1.29 is 19.0 Å². The van der Waals surface area contributed by atoms with Crippen molar-refractivity contribution in [3.8, 4) is 17.2 Å². The highest BCUT2D eigenvalue weighted by Gasteiger charge is 2.31. The van der Waals surface area contributed by atoms with Gasteiger partial charge in [0.2, 0.25) is 0 Å². The first-order valence-electron chi connectivity index (χ1n) is 8.93. The number of hydrogen-bond donors (Lipinski definition) is 1. The molecule has 0 spiro atoms. The maximum absolute atomic E-state index is 13.0. The quantitative estimate of drug-likeness (QED) is 0.636. The molecular weight excluding hydrogens is 342 g/mol. The zero-order chi connectivity index (χ0) is 19.7. The minimum absolute atomic E-state index is 0.0624.